The molecule has 8 nitrogen and oxygen atoms in total. The van der Waals surface area contributed by atoms with Gasteiger partial charge in [-0.3, -0.25) is 4.79 Å². The molecule has 1 aliphatic heterocycles. The Morgan fingerprint density at radius 3 is 2.53 bits per heavy atom. The third-order valence-electron chi connectivity index (χ3n) is 6.05. The SMILES string of the molecule is Cc1cnc(Nc2ccc(N3CCN(C)CC3)cc2)nc1-n1ccc(C(=O)NC2CC2)c1. The molecule has 1 saturated carbocycles. The van der Waals surface area contributed by atoms with Crippen LogP contribution in [-0.2, 0) is 0 Å². The van der Waals surface area contributed by atoms with Gasteiger partial charge in [0, 0.05) is 67.7 Å². The molecule has 0 radical (unpaired) electrons. The van der Waals surface area contributed by atoms with E-state index in [0.29, 0.717) is 17.6 Å². The number of piperazine rings is 1. The number of aromatic nitrogens is 3. The highest BCUT2D eigenvalue weighted by Gasteiger charge is 2.24. The van der Waals surface area contributed by atoms with Gasteiger partial charge >= 0.3 is 0 Å². The molecule has 1 aliphatic carbocycles. The van der Waals surface area contributed by atoms with Crippen molar-refractivity contribution in [3.05, 3.63) is 60.0 Å². The lowest BCUT2D eigenvalue weighted by Gasteiger charge is -2.34. The topological polar surface area (TPSA) is 78.3 Å². The molecule has 0 spiro atoms. The first-order valence-corrected chi connectivity index (χ1v) is 11.2. The zero-order valence-corrected chi connectivity index (χ0v) is 18.6. The smallest absolute Gasteiger partial charge is 0.253 e. The fraction of sp³-hybridized carbons (Fsp3) is 0.375. The van der Waals surface area contributed by atoms with Crippen LogP contribution in [0, 0.1) is 6.92 Å². The minimum Gasteiger partial charge on any atom is -0.369 e. The van der Waals surface area contributed by atoms with E-state index < -0.39 is 0 Å². The zero-order chi connectivity index (χ0) is 22.1. The highest BCUT2D eigenvalue weighted by atomic mass is 16.1. The summed E-state index contributed by atoms with van der Waals surface area (Å²) in [7, 11) is 2.16. The quantitative estimate of drug-likeness (QED) is 0.625. The van der Waals surface area contributed by atoms with Crippen molar-refractivity contribution in [3.8, 4) is 5.82 Å². The Balaban J connectivity index is 1.29. The third kappa shape index (κ3) is 4.60. The zero-order valence-electron chi connectivity index (χ0n) is 18.6. The fourth-order valence-corrected chi connectivity index (χ4v) is 3.86. The maximum atomic E-state index is 12.3. The van der Waals surface area contributed by atoms with Crippen LogP contribution in [0.1, 0.15) is 28.8 Å². The van der Waals surface area contributed by atoms with E-state index in [1.54, 1.807) is 6.20 Å². The number of carbonyl (C=O) groups excluding carboxylic acids is 1. The summed E-state index contributed by atoms with van der Waals surface area (Å²) >= 11 is 0. The van der Waals surface area contributed by atoms with Crippen molar-refractivity contribution in [2.75, 3.05) is 43.4 Å². The van der Waals surface area contributed by atoms with Gasteiger partial charge in [-0.15, -0.1) is 0 Å². The molecule has 0 bridgehead atoms. The first-order valence-electron chi connectivity index (χ1n) is 11.2. The number of amides is 1. The number of nitrogens with zero attached hydrogens (tertiary/aromatic N) is 5. The van der Waals surface area contributed by atoms with Crippen LogP contribution >= 0.6 is 0 Å². The van der Waals surface area contributed by atoms with Gasteiger partial charge in [-0.05, 0) is 57.1 Å². The third-order valence-corrected chi connectivity index (χ3v) is 6.05. The van der Waals surface area contributed by atoms with Gasteiger partial charge in [0.2, 0.25) is 5.95 Å². The predicted molar refractivity (Wildman–Crippen MR) is 126 cm³/mol. The Hall–Kier alpha value is -3.39. The van der Waals surface area contributed by atoms with Gasteiger partial charge in [-0.2, -0.15) is 4.98 Å². The summed E-state index contributed by atoms with van der Waals surface area (Å²) in [6, 6.07) is 10.6. The van der Waals surface area contributed by atoms with E-state index in [4.69, 9.17) is 4.98 Å². The summed E-state index contributed by atoms with van der Waals surface area (Å²) in [5.41, 5.74) is 3.75. The van der Waals surface area contributed by atoms with Crippen LogP contribution in [0.15, 0.2) is 48.9 Å². The molecule has 2 aliphatic rings. The highest BCUT2D eigenvalue weighted by molar-refractivity contribution is 5.94. The molecule has 2 N–H and O–H groups in total. The Bertz CT molecular complexity index is 1100. The van der Waals surface area contributed by atoms with Gasteiger partial charge < -0.3 is 25.0 Å². The molecular weight excluding hydrogens is 402 g/mol. The van der Waals surface area contributed by atoms with Gasteiger partial charge in [0.1, 0.15) is 5.82 Å². The first kappa shape index (κ1) is 20.5. The maximum absolute atomic E-state index is 12.3. The van der Waals surface area contributed by atoms with E-state index in [1.165, 1.54) is 5.69 Å². The van der Waals surface area contributed by atoms with Crippen molar-refractivity contribution >= 4 is 23.2 Å². The van der Waals surface area contributed by atoms with Crippen molar-refractivity contribution in [1.29, 1.82) is 0 Å². The Morgan fingerprint density at radius 1 is 1.06 bits per heavy atom. The summed E-state index contributed by atoms with van der Waals surface area (Å²) in [6.07, 6.45) is 7.63. The summed E-state index contributed by atoms with van der Waals surface area (Å²) in [5, 5.41) is 6.32. The number of nitrogens with one attached hydrogen (secondary N) is 2. The van der Waals surface area contributed by atoms with E-state index in [0.717, 1.165) is 56.1 Å². The molecule has 1 aromatic carbocycles. The van der Waals surface area contributed by atoms with Crippen LogP contribution < -0.4 is 15.5 Å². The van der Waals surface area contributed by atoms with Gasteiger partial charge in [0.25, 0.3) is 5.91 Å². The molecule has 2 aromatic heterocycles. The molecule has 2 fully saturated rings. The second-order valence-electron chi connectivity index (χ2n) is 8.72. The molecule has 0 atom stereocenters. The van der Waals surface area contributed by atoms with Crippen molar-refractivity contribution in [2.24, 2.45) is 0 Å². The molecule has 5 rings (SSSR count). The molecule has 3 aromatic rings. The molecule has 8 heteroatoms. The normalized spacial score (nSPS) is 16.8. The molecule has 166 valence electrons. The number of rotatable bonds is 6. The van der Waals surface area contributed by atoms with Crippen LogP contribution in [0.4, 0.5) is 17.3 Å². The average Bonchev–Trinajstić information content (AvgIpc) is 3.48. The lowest BCUT2D eigenvalue weighted by atomic mass is 10.2. The van der Waals surface area contributed by atoms with Crippen molar-refractivity contribution in [1.82, 2.24) is 24.8 Å². The monoisotopic (exact) mass is 431 g/mol. The van der Waals surface area contributed by atoms with E-state index >= 15 is 0 Å². The molecular formula is C24H29N7O. The van der Waals surface area contributed by atoms with Crippen LogP contribution in [0.25, 0.3) is 5.82 Å². The van der Waals surface area contributed by atoms with E-state index in [-0.39, 0.29) is 5.91 Å². The first-order chi connectivity index (χ1) is 15.5. The average molecular weight is 432 g/mol. The maximum Gasteiger partial charge on any atom is 0.253 e. The van der Waals surface area contributed by atoms with E-state index in [9.17, 15) is 4.79 Å². The summed E-state index contributed by atoms with van der Waals surface area (Å²) < 4.78 is 1.88. The minimum atomic E-state index is -0.0308. The van der Waals surface area contributed by atoms with E-state index in [1.807, 2.05) is 30.0 Å². The molecule has 0 unspecified atom stereocenters. The predicted octanol–water partition coefficient (Wildman–Crippen LogP) is 2.96. The summed E-state index contributed by atoms with van der Waals surface area (Å²) in [6.45, 7) is 6.23. The van der Waals surface area contributed by atoms with Crippen molar-refractivity contribution < 1.29 is 4.79 Å². The fourth-order valence-electron chi connectivity index (χ4n) is 3.86. The summed E-state index contributed by atoms with van der Waals surface area (Å²) in [5.74, 6) is 1.24. The number of benzene rings is 1. The van der Waals surface area contributed by atoms with Crippen LogP contribution in [0.5, 0.6) is 0 Å². The second-order valence-corrected chi connectivity index (χ2v) is 8.72. The largest absolute Gasteiger partial charge is 0.369 e. The number of hydrogen-bond acceptors (Lipinski definition) is 6. The number of carbonyl (C=O) groups is 1. The Morgan fingerprint density at radius 2 is 1.81 bits per heavy atom. The van der Waals surface area contributed by atoms with Crippen molar-refractivity contribution in [3.63, 3.8) is 0 Å². The number of hydrogen-bond donors (Lipinski definition) is 2. The van der Waals surface area contributed by atoms with Crippen molar-refractivity contribution in [2.45, 2.75) is 25.8 Å². The number of anilines is 3. The highest BCUT2D eigenvalue weighted by Crippen LogP contribution is 2.23. The van der Waals surface area contributed by atoms with Gasteiger partial charge in [-0.1, -0.05) is 0 Å². The summed E-state index contributed by atoms with van der Waals surface area (Å²) in [4.78, 5) is 26.2. The molecule has 1 amide bonds. The molecule has 3 heterocycles. The van der Waals surface area contributed by atoms with Crippen LogP contribution in [0.2, 0.25) is 0 Å². The van der Waals surface area contributed by atoms with Crippen LogP contribution in [-0.4, -0.2) is 64.6 Å². The minimum absolute atomic E-state index is 0.0308. The Kier molecular flexibility index (Phi) is 5.53. The number of likely N-dealkylation sites (N-methyl/N-ethyl adjacent to an activating group) is 1. The second kappa shape index (κ2) is 8.63. The lowest BCUT2D eigenvalue weighted by molar-refractivity contribution is 0.0951. The lowest BCUT2D eigenvalue weighted by Crippen LogP contribution is -2.44. The van der Waals surface area contributed by atoms with Gasteiger partial charge in [0.05, 0.1) is 5.56 Å². The Labute approximate surface area is 188 Å². The van der Waals surface area contributed by atoms with Gasteiger partial charge in [-0.25, -0.2) is 4.98 Å². The standard InChI is InChI=1S/C24H29N7O/c1-17-15-25-24(27-20-5-7-21(8-6-20)30-13-11-29(2)12-14-30)28-22(17)31-10-9-18(16-31)23(32)26-19-3-4-19/h5-10,15-16,19H,3-4,11-14H2,1-2H3,(H,26,32)(H,25,27,28). The van der Waals surface area contributed by atoms with E-state index in [2.05, 4.69) is 56.7 Å². The number of aryl methyl sites for hydroxylation is 1. The van der Waals surface area contributed by atoms with Gasteiger partial charge in [0.15, 0.2) is 0 Å². The van der Waals surface area contributed by atoms with Crippen LogP contribution in [0.3, 0.4) is 0 Å². The molecule has 32 heavy (non-hydrogen) atoms. The molecule has 1 saturated heterocycles.